The Labute approximate surface area is 274 Å². The minimum absolute atomic E-state index is 0.866. The molecular formula is C44H28N2O2. The monoisotopic (exact) mass is 616 g/mol. The first kappa shape index (κ1) is 25.9. The zero-order valence-corrected chi connectivity index (χ0v) is 26.4. The van der Waals surface area contributed by atoms with E-state index in [-0.39, 0.29) is 0 Å². The van der Waals surface area contributed by atoms with Gasteiger partial charge in [-0.25, -0.2) is 0 Å². The second-order valence-electron chi connectivity index (χ2n) is 13.0. The lowest BCUT2D eigenvalue weighted by atomic mass is 9.99. The van der Waals surface area contributed by atoms with E-state index in [1.807, 2.05) is 0 Å². The van der Waals surface area contributed by atoms with E-state index in [0.717, 1.165) is 88.1 Å². The maximum atomic E-state index is 7.28. The highest BCUT2D eigenvalue weighted by molar-refractivity contribution is 6.35. The average Bonchev–Trinajstić information content (AvgIpc) is 3.66. The van der Waals surface area contributed by atoms with Crippen LogP contribution in [0, 0.1) is 13.8 Å². The molecule has 0 saturated heterocycles. The average molecular weight is 617 g/mol. The van der Waals surface area contributed by atoms with Crippen molar-refractivity contribution in [1.82, 2.24) is 8.80 Å². The Balaban J connectivity index is 1.46. The van der Waals surface area contributed by atoms with Crippen LogP contribution >= 0.6 is 0 Å². The summed E-state index contributed by atoms with van der Waals surface area (Å²) in [6.45, 7) is 4.33. The van der Waals surface area contributed by atoms with Gasteiger partial charge in [-0.05, 0) is 60.4 Å². The third kappa shape index (κ3) is 3.14. The Kier molecular flexibility index (Phi) is 4.95. The molecule has 4 nitrogen and oxygen atoms in total. The van der Waals surface area contributed by atoms with E-state index in [4.69, 9.17) is 8.83 Å². The molecule has 0 fully saturated rings. The number of aryl methyl sites for hydroxylation is 2. The Morgan fingerprint density at radius 2 is 0.729 bits per heavy atom. The maximum Gasteiger partial charge on any atom is 0.162 e. The summed E-state index contributed by atoms with van der Waals surface area (Å²) in [5.74, 6) is 0. The molecule has 11 aromatic rings. The molecular weight excluding hydrogens is 588 g/mol. The normalized spacial score (nSPS) is 12.4. The number of benzene rings is 7. The summed E-state index contributed by atoms with van der Waals surface area (Å²) >= 11 is 0. The standard InChI is InChI=1S/C44H28N2O2/c1-25-13-3-5-15-27(25)29-19-11-23-35-41(29)47-43-37-32-18-8-10-22-34(32)46-36-24-12-20-30(28-16-6-4-14-26(28)2)42(36)48-44(40(37)46)38-31-17-7-9-21-33(31)45(35)39(38)43/h3-24H,1-2H3. The first-order chi connectivity index (χ1) is 23.7. The predicted octanol–water partition coefficient (Wildman–Crippen LogP) is 12.2. The SMILES string of the molecule is Cc1ccccc1-c1cccc2c1oc1c3c4ccccc4n4c5cccc(-c6ccccc6C)c5oc(c5c6ccccc6n2c15)c34. The summed E-state index contributed by atoms with van der Waals surface area (Å²) in [5, 5.41) is 4.40. The van der Waals surface area contributed by atoms with E-state index < -0.39 is 0 Å². The molecule has 7 aromatic carbocycles. The van der Waals surface area contributed by atoms with E-state index in [9.17, 15) is 0 Å². The van der Waals surface area contributed by atoms with Crippen molar-refractivity contribution in [3.05, 3.63) is 145 Å². The Morgan fingerprint density at radius 1 is 0.354 bits per heavy atom. The molecule has 0 bridgehead atoms. The molecule has 0 saturated carbocycles. The maximum absolute atomic E-state index is 7.28. The van der Waals surface area contributed by atoms with Gasteiger partial charge in [-0.1, -0.05) is 109 Å². The van der Waals surface area contributed by atoms with Gasteiger partial charge < -0.3 is 17.6 Å². The number of hydrogen-bond donors (Lipinski definition) is 0. The van der Waals surface area contributed by atoms with Crippen molar-refractivity contribution in [3.63, 3.8) is 0 Å². The second-order valence-corrected chi connectivity index (χ2v) is 13.0. The molecule has 48 heavy (non-hydrogen) atoms. The summed E-state index contributed by atoms with van der Waals surface area (Å²) in [7, 11) is 0. The first-order valence-corrected chi connectivity index (χ1v) is 16.5. The molecule has 0 atom stereocenters. The van der Waals surface area contributed by atoms with Gasteiger partial charge in [0.2, 0.25) is 0 Å². The van der Waals surface area contributed by atoms with E-state index >= 15 is 0 Å². The molecule has 0 amide bonds. The van der Waals surface area contributed by atoms with E-state index in [1.54, 1.807) is 0 Å². The first-order valence-electron chi connectivity index (χ1n) is 16.5. The molecule has 4 aromatic heterocycles. The van der Waals surface area contributed by atoms with Crippen LogP contribution in [-0.4, -0.2) is 8.80 Å². The van der Waals surface area contributed by atoms with Crippen molar-refractivity contribution < 1.29 is 8.83 Å². The van der Waals surface area contributed by atoms with Crippen LogP contribution < -0.4 is 0 Å². The fraction of sp³-hybridized carbons (Fsp3) is 0.0455. The van der Waals surface area contributed by atoms with Crippen molar-refractivity contribution in [2.24, 2.45) is 0 Å². The molecule has 0 spiro atoms. The molecule has 0 aliphatic rings. The zero-order chi connectivity index (χ0) is 31.7. The van der Waals surface area contributed by atoms with Crippen LogP contribution in [0.15, 0.2) is 142 Å². The fourth-order valence-corrected chi connectivity index (χ4v) is 8.30. The molecule has 11 rings (SSSR count). The van der Waals surface area contributed by atoms with Gasteiger partial charge in [-0.2, -0.15) is 0 Å². The predicted molar refractivity (Wildman–Crippen MR) is 198 cm³/mol. The molecule has 0 unspecified atom stereocenters. The fourth-order valence-electron chi connectivity index (χ4n) is 8.30. The molecule has 0 aliphatic heterocycles. The number of fused-ring (bicyclic) bond motifs is 12. The summed E-state index contributed by atoms with van der Waals surface area (Å²) < 4.78 is 19.4. The lowest BCUT2D eigenvalue weighted by molar-refractivity contribution is 0.654. The number of rotatable bonds is 2. The quantitative estimate of drug-likeness (QED) is 0.181. The van der Waals surface area contributed by atoms with Crippen molar-refractivity contribution in [1.29, 1.82) is 0 Å². The molecule has 226 valence electrons. The van der Waals surface area contributed by atoms with Crippen LogP contribution in [0.1, 0.15) is 11.1 Å². The summed E-state index contributed by atoms with van der Waals surface area (Å²) in [4.78, 5) is 0. The number of para-hydroxylation sites is 4. The van der Waals surface area contributed by atoms with Gasteiger partial charge in [-0.15, -0.1) is 0 Å². The van der Waals surface area contributed by atoms with Gasteiger partial charge >= 0.3 is 0 Å². The minimum Gasteiger partial charge on any atom is -0.452 e. The number of hydrogen-bond acceptors (Lipinski definition) is 2. The topological polar surface area (TPSA) is 35.1 Å². The van der Waals surface area contributed by atoms with Crippen LogP contribution in [0.4, 0.5) is 0 Å². The lowest BCUT2D eigenvalue weighted by Crippen LogP contribution is -1.95. The van der Waals surface area contributed by atoms with Crippen LogP contribution in [0.25, 0.3) is 99.2 Å². The van der Waals surface area contributed by atoms with Gasteiger partial charge in [0.1, 0.15) is 11.0 Å². The second kappa shape index (κ2) is 9.18. The third-order valence-corrected chi connectivity index (χ3v) is 10.4. The Morgan fingerprint density at radius 3 is 1.19 bits per heavy atom. The highest BCUT2D eigenvalue weighted by Gasteiger charge is 2.28. The molecule has 4 heteroatoms. The minimum atomic E-state index is 0.866. The van der Waals surface area contributed by atoms with Gasteiger partial charge in [0, 0.05) is 21.9 Å². The number of nitrogens with zero attached hydrogens (tertiary/aromatic N) is 2. The molecule has 4 heterocycles. The van der Waals surface area contributed by atoms with E-state index in [1.165, 1.54) is 22.3 Å². The largest absolute Gasteiger partial charge is 0.452 e. The van der Waals surface area contributed by atoms with Gasteiger partial charge in [0.05, 0.1) is 32.8 Å². The lowest BCUT2D eigenvalue weighted by Gasteiger charge is -2.15. The third-order valence-electron chi connectivity index (χ3n) is 10.4. The highest BCUT2D eigenvalue weighted by atomic mass is 16.3. The van der Waals surface area contributed by atoms with E-state index in [0.29, 0.717) is 0 Å². The van der Waals surface area contributed by atoms with E-state index in [2.05, 4.69) is 156 Å². The van der Waals surface area contributed by atoms with Crippen LogP contribution in [0.2, 0.25) is 0 Å². The Bertz CT molecular complexity index is 2930. The van der Waals surface area contributed by atoms with Crippen molar-refractivity contribution in [2.75, 3.05) is 0 Å². The summed E-state index contributed by atoms with van der Waals surface area (Å²) in [5.41, 5.74) is 16.8. The Hall–Kier alpha value is -6.26. The van der Waals surface area contributed by atoms with Crippen LogP contribution in [0.5, 0.6) is 0 Å². The van der Waals surface area contributed by atoms with Crippen molar-refractivity contribution >= 4 is 77.0 Å². The van der Waals surface area contributed by atoms with Crippen LogP contribution in [0.3, 0.4) is 0 Å². The van der Waals surface area contributed by atoms with Gasteiger partial charge in [0.25, 0.3) is 0 Å². The number of aromatic nitrogens is 2. The van der Waals surface area contributed by atoms with Gasteiger partial charge in [0.15, 0.2) is 22.3 Å². The summed E-state index contributed by atoms with van der Waals surface area (Å²) in [6.07, 6.45) is 0. The molecule has 0 aliphatic carbocycles. The zero-order valence-electron chi connectivity index (χ0n) is 26.4. The summed E-state index contributed by atoms with van der Waals surface area (Å²) in [6, 6.07) is 47.5. The van der Waals surface area contributed by atoms with Crippen molar-refractivity contribution in [2.45, 2.75) is 13.8 Å². The highest BCUT2D eigenvalue weighted by Crippen LogP contribution is 2.49. The smallest absolute Gasteiger partial charge is 0.162 e. The van der Waals surface area contributed by atoms with Crippen LogP contribution in [-0.2, 0) is 0 Å². The molecule has 0 radical (unpaired) electrons. The molecule has 0 N–H and O–H groups in total. The van der Waals surface area contributed by atoms with Gasteiger partial charge in [-0.3, -0.25) is 0 Å². The van der Waals surface area contributed by atoms with Crippen molar-refractivity contribution in [3.8, 4) is 22.3 Å².